The Hall–Kier alpha value is -2.72. The molecule has 0 aromatic carbocycles. The lowest BCUT2D eigenvalue weighted by molar-refractivity contribution is -0.160. The number of aromatic nitrogens is 4. The van der Waals surface area contributed by atoms with Crippen molar-refractivity contribution in [1.29, 1.82) is 0 Å². The van der Waals surface area contributed by atoms with Gasteiger partial charge in [-0.3, -0.25) is 9.59 Å². The third-order valence-electron chi connectivity index (χ3n) is 4.00. The number of carbonyl (C=O) groups is 2. The highest BCUT2D eigenvalue weighted by molar-refractivity contribution is 5.77. The van der Waals surface area contributed by atoms with Gasteiger partial charge >= 0.3 is 11.9 Å². The van der Waals surface area contributed by atoms with Crippen molar-refractivity contribution < 1.29 is 19.1 Å². The van der Waals surface area contributed by atoms with Crippen molar-refractivity contribution in [1.82, 2.24) is 30.6 Å². The maximum atomic E-state index is 12.3. The number of H-pyrrole nitrogens is 2. The number of aromatic amines is 2. The standard InChI is InChI=1S/C17H26N6O4/c1-11(27-17(25)15(19-3)5-13-7-21-10-23-13)8-26-16(24)14(18-2)4-12-6-20-9-22-12/h6-7,9-11,14-15,18-19H,4-5,8H2,1-3H3,(H,20,22)(H,21,23)/t11?,14-,15-/m0/s1. The summed E-state index contributed by atoms with van der Waals surface area (Å²) in [7, 11) is 3.36. The van der Waals surface area contributed by atoms with Gasteiger partial charge in [0.1, 0.15) is 24.8 Å². The van der Waals surface area contributed by atoms with Crippen molar-refractivity contribution in [3.8, 4) is 0 Å². The van der Waals surface area contributed by atoms with Crippen LogP contribution in [0.1, 0.15) is 18.3 Å². The van der Waals surface area contributed by atoms with Crippen molar-refractivity contribution in [2.75, 3.05) is 20.7 Å². The molecule has 148 valence electrons. The molecule has 27 heavy (non-hydrogen) atoms. The molecule has 2 aromatic heterocycles. The zero-order valence-corrected chi connectivity index (χ0v) is 15.7. The number of imidazole rings is 2. The lowest BCUT2D eigenvalue weighted by Crippen LogP contribution is -2.41. The van der Waals surface area contributed by atoms with Crippen LogP contribution in [0.2, 0.25) is 0 Å². The van der Waals surface area contributed by atoms with E-state index in [9.17, 15) is 9.59 Å². The summed E-state index contributed by atoms with van der Waals surface area (Å²) in [5, 5.41) is 5.82. The number of rotatable bonds is 11. The molecule has 0 amide bonds. The van der Waals surface area contributed by atoms with Gasteiger partial charge in [-0.2, -0.15) is 0 Å². The Morgan fingerprint density at radius 3 is 1.96 bits per heavy atom. The summed E-state index contributed by atoms with van der Waals surface area (Å²) in [6.45, 7) is 1.66. The van der Waals surface area contributed by atoms with Crippen LogP contribution in [-0.4, -0.2) is 70.8 Å². The van der Waals surface area contributed by atoms with E-state index in [1.165, 1.54) is 0 Å². The first kappa shape index (κ1) is 20.6. The zero-order valence-electron chi connectivity index (χ0n) is 15.7. The number of hydrogen-bond acceptors (Lipinski definition) is 8. The molecule has 0 saturated heterocycles. The zero-order chi connectivity index (χ0) is 19.6. The van der Waals surface area contributed by atoms with Crippen LogP contribution in [0.3, 0.4) is 0 Å². The van der Waals surface area contributed by atoms with E-state index in [4.69, 9.17) is 9.47 Å². The van der Waals surface area contributed by atoms with Crippen LogP contribution >= 0.6 is 0 Å². The maximum absolute atomic E-state index is 12.3. The van der Waals surface area contributed by atoms with Crippen LogP contribution in [0.4, 0.5) is 0 Å². The number of hydrogen-bond donors (Lipinski definition) is 4. The highest BCUT2D eigenvalue weighted by Gasteiger charge is 2.24. The number of esters is 2. The fraction of sp³-hybridized carbons (Fsp3) is 0.529. The van der Waals surface area contributed by atoms with Crippen LogP contribution < -0.4 is 10.6 Å². The molecule has 3 atom stereocenters. The topological polar surface area (TPSA) is 134 Å². The molecule has 2 aromatic rings. The van der Waals surface area contributed by atoms with Gasteiger partial charge < -0.3 is 30.1 Å². The molecule has 4 N–H and O–H groups in total. The molecular weight excluding hydrogens is 352 g/mol. The van der Waals surface area contributed by atoms with Crippen LogP contribution in [0, 0.1) is 0 Å². The highest BCUT2D eigenvalue weighted by Crippen LogP contribution is 2.05. The Balaban J connectivity index is 1.77. The van der Waals surface area contributed by atoms with E-state index in [1.807, 2.05) is 0 Å². The van der Waals surface area contributed by atoms with Crippen LogP contribution in [0.25, 0.3) is 0 Å². The quantitative estimate of drug-likeness (QED) is 0.387. The van der Waals surface area contributed by atoms with E-state index in [1.54, 1.807) is 46.1 Å². The van der Waals surface area contributed by atoms with Gasteiger partial charge in [-0.1, -0.05) is 0 Å². The van der Waals surface area contributed by atoms with Crippen molar-refractivity contribution in [3.63, 3.8) is 0 Å². The SMILES string of the molecule is CN[C@@H](Cc1cnc[nH]1)C(=O)OCC(C)OC(=O)[C@H](Cc1cnc[nH]1)NC. The normalized spacial score (nSPS) is 14.3. The Bertz CT molecular complexity index is 688. The summed E-state index contributed by atoms with van der Waals surface area (Å²) in [5.41, 5.74) is 1.64. The second kappa shape index (κ2) is 10.4. The van der Waals surface area contributed by atoms with Gasteiger partial charge in [0, 0.05) is 36.6 Å². The van der Waals surface area contributed by atoms with E-state index >= 15 is 0 Å². The van der Waals surface area contributed by atoms with Gasteiger partial charge in [0.15, 0.2) is 0 Å². The number of nitrogens with one attached hydrogen (secondary N) is 4. The molecule has 0 fully saturated rings. The van der Waals surface area contributed by atoms with Crippen LogP contribution in [0.15, 0.2) is 25.0 Å². The summed E-state index contributed by atoms with van der Waals surface area (Å²) < 4.78 is 10.6. The molecule has 0 radical (unpaired) electrons. The monoisotopic (exact) mass is 378 g/mol. The third kappa shape index (κ3) is 6.50. The fourth-order valence-electron chi connectivity index (χ4n) is 2.45. The average molecular weight is 378 g/mol. The van der Waals surface area contributed by atoms with Gasteiger partial charge in [0.25, 0.3) is 0 Å². The Morgan fingerprint density at radius 1 is 1.00 bits per heavy atom. The molecule has 2 heterocycles. The Kier molecular flexibility index (Phi) is 7.96. The Morgan fingerprint density at radius 2 is 1.52 bits per heavy atom. The van der Waals surface area contributed by atoms with E-state index < -0.39 is 30.1 Å². The predicted molar refractivity (Wildman–Crippen MR) is 96.8 cm³/mol. The minimum atomic E-state index is -0.566. The lowest BCUT2D eigenvalue weighted by Gasteiger charge is -2.20. The van der Waals surface area contributed by atoms with Gasteiger partial charge in [0.05, 0.1) is 12.7 Å². The molecule has 0 bridgehead atoms. The third-order valence-corrected chi connectivity index (χ3v) is 4.00. The number of nitrogens with zero attached hydrogens (tertiary/aromatic N) is 2. The molecular formula is C17H26N6O4. The van der Waals surface area contributed by atoms with Crippen molar-refractivity contribution in [2.24, 2.45) is 0 Å². The first-order valence-corrected chi connectivity index (χ1v) is 8.69. The summed E-state index contributed by atoms with van der Waals surface area (Å²) in [5.74, 6) is -0.837. The minimum absolute atomic E-state index is 0.0216. The van der Waals surface area contributed by atoms with E-state index in [2.05, 4.69) is 30.6 Å². The van der Waals surface area contributed by atoms with Crippen LogP contribution in [-0.2, 0) is 31.9 Å². The van der Waals surface area contributed by atoms with E-state index in [-0.39, 0.29) is 6.61 Å². The number of carbonyl (C=O) groups excluding carboxylic acids is 2. The van der Waals surface area contributed by atoms with Crippen molar-refractivity contribution >= 4 is 11.9 Å². The van der Waals surface area contributed by atoms with Gasteiger partial charge in [0.2, 0.25) is 0 Å². The molecule has 10 nitrogen and oxygen atoms in total. The summed E-state index contributed by atoms with van der Waals surface area (Å²) >= 11 is 0. The summed E-state index contributed by atoms with van der Waals surface area (Å²) in [6, 6.07) is -1.03. The molecule has 0 spiro atoms. The van der Waals surface area contributed by atoms with Crippen LogP contribution in [0.5, 0.6) is 0 Å². The van der Waals surface area contributed by atoms with E-state index in [0.29, 0.717) is 12.8 Å². The number of likely N-dealkylation sites (N-methyl/N-ethyl adjacent to an activating group) is 2. The smallest absolute Gasteiger partial charge is 0.323 e. The average Bonchev–Trinajstić information content (AvgIpc) is 3.35. The summed E-state index contributed by atoms with van der Waals surface area (Å²) in [4.78, 5) is 38.2. The molecule has 10 heteroatoms. The molecule has 0 aliphatic rings. The largest absolute Gasteiger partial charge is 0.461 e. The van der Waals surface area contributed by atoms with E-state index in [0.717, 1.165) is 11.4 Å². The Labute approximate surface area is 157 Å². The van der Waals surface area contributed by atoms with Gasteiger partial charge in [-0.05, 0) is 21.0 Å². The van der Waals surface area contributed by atoms with Gasteiger partial charge in [-0.15, -0.1) is 0 Å². The van der Waals surface area contributed by atoms with Crippen molar-refractivity contribution in [2.45, 2.75) is 38.0 Å². The molecule has 0 aliphatic heterocycles. The van der Waals surface area contributed by atoms with Gasteiger partial charge in [-0.25, -0.2) is 9.97 Å². The fourth-order valence-corrected chi connectivity index (χ4v) is 2.45. The second-order valence-corrected chi connectivity index (χ2v) is 6.12. The number of ether oxygens (including phenoxy) is 2. The first-order valence-electron chi connectivity index (χ1n) is 8.69. The predicted octanol–water partition coefficient (Wildman–Crippen LogP) is -0.431. The molecule has 0 saturated carbocycles. The minimum Gasteiger partial charge on any atom is -0.461 e. The summed E-state index contributed by atoms with van der Waals surface area (Å²) in [6.07, 6.45) is 6.69. The second-order valence-electron chi connectivity index (χ2n) is 6.12. The lowest BCUT2D eigenvalue weighted by atomic mass is 10.1. The first-order chi connectivity index (χ1) is 13.0. The molecule has 1 unspecified atom stereocenters. The maximum Gasteiger partial charge on any atom is 0.323 e. The highest BCUT2D eigenvalue weighted by atomic mass is 16.6. The van der Waals surface area contributed by atoms with Crippen molar-refractivity contribution in [3.05, 3.63) is 36.4 Å². The molecule has 0 aliphatic carbocycles. The molecule has 2 rings (SSSR count).